The first-order chi connectivity index (χ1) is 18.7. The van der Waals surface area contributed by atoms with Crippen molar-refractivity contribution in [2.75, 3.05) is 13.2 Å². The topological polar surface area (TPSA) is 76.6 Å². The molecule has 2 N–H and O–H groups in total. The minimum absolute atomic E-state index is 0.247. The van der Waals surface area contributed by atoms with Gasteiger partial charge in [-0.15, -0.1) is 0 Å². The van der Waals surface area contributed by atoms with Crippen molar-refractivity contribution in [2.45, 2.75) is 24.4 Å². The van der Waals surface area contributed by atoms with Crippen LogP contribution in [0.2, 0.25) is 5.02 Å². The first-order valence-electron chi connectivity index (χ1n) is 12.7. The Kier molecular flexibility index (Phi) is 5.90. The van der Waals surface area contributed by atoms with E-state index in [0.29, 0.717) is 23.2 Å². The Hall–Kier alpha value is -3.68. The second-order valence-corrected chi connectivity index (χ2v) is 10.1. The van der Waals surface area contributed by atoms with Crippen LogP contribution >= 0.6 is 11.6 Å². The summed E-state index contributed by atoms with van der Waals surface area (Å²) in [5.41, 5.74) is 7.28. The highest BCUT2D eigenvalue weighted by atomic mass is 35.5. The van der Waals surface area contributed by atoms with E-state index in [4.69, 9.17) is 30.8 Å². The highest BCUT2D eigenvalue weighted by Crippen LogP contribution is 2.41. The standard InChI is InChI=1S/C31H25ClN2O4/c32-22-15-23-28(34-27(22)21-13-11-19(12-14-21)18-7-3-1-4-8-18)26(20-9-5-2-6-10-20)31(33-23)38-25-17-37-29-24(35)16-36-30(25)29/h1-15,24-25,29-30,33,35H,16-17H2/t24-,25-,29?,30?/m1/s1. The van der Waals surface area contributed by atoms with Gasteiger partial charge in [0.2, 0.25) is 5.88 Å². The fourth-order valence-electron chi connectivity index (χ4n) is 5.38. The molecule has 6 nitrogen and oxygen atoms in total. The van der Waals surface area contributed by atoms with Crippen LogP contribution in [0.1, 0.15) is 0 Å². The number of aliphatic hydroxyl groups is 1. The van der Waals surface area contributed by atoms with E-state index in [-0.39, 0.29) is 24.9 Å². The summed E-state index contributed by atoms with van der Waals surface area (Å²) in [5, 5.41) is 10.7. The van der Waals surface area contributed by atoms with Gasteiger partial charge in [-0.05, 0) is 22.8 Å². The van der Waals surface area contributed by atoms with Crippen LogP contribution in [-0.2, 0) is 9.47 Å². The maximum atomic E-state index is 10.1. The minimum Gasteiger partial charge on any atom is -0.470 e. The molecule has 2 aliphatic heterocycles. The molecule has 0 aliphatic carbocycles. The van der Waals surface area contributed by atoms with Gasteiger partial charge in [0, 0.05) is 5.56 Å². The molecule has 38 heavy (non-hydrogen) atoms. The zero-order valence-corrected chi connectivity index (χ0v) is 21.1. The number of hydrogen-bond donors (Lipinski definition) is 2. The number of nitrogens with zero attached hydrogens (tertiary/aromatic N) is 1. The second kappa shape index (κ2) is 9.57. The van der Waals surface area contributed by atoms with Crippen molar-refractivity contribution >= 4 is 22.6 Å². The number of halogens is 1. The van der Waals surface area contributed by atoms with E-state index in [0.717, 1.165) is 38.9 Å². The molecule has 0 radical (unpaired) electrons. The third kappa shape index (κ3) is 4.06. The predicted molar refractivity (Wildman–Crippen MR) is 147 cm³/mol. The molecule has 0 spiro atoms. The van der Waals surface area contributed by atoms with Crippen LogP contribution in [0.15, 0.2) is 91.0 Å². The summed E-state index contributed by atoms with van der Waals surface area (Å²) in [4.78, 5) is 8.44. The van der Waals surface area contributed by atoms with Crippen LogP contribution in [0.3, 0.4) is 0 Å². The van der Waals surface area contributed by atoms with Gasteiger partial charge in [0.1, 0.15) is 23.8 Å². The smallest absolute Gasteiger partial charge is 0.202 e. The van der Waals surface area contributed by atoms with Gasteiger partial charge in [0.05, 0.1) is 35.0 Å². The molecule has 3 aromatic carbocycles. The highest BCUT2D eigenvalue weighted by Gasteiger charge is 2.48. The first kappa shape index (κ1) is 23.4. The summed E-state index contributed by atoms with van der Waals surface area (Å²) in [7, 11) is 0. The van der Waals surface area contributed by atoms with E-state index in [1.54, 1.807) is 0 Å². The first-order valence-corrected chi connectivity index (χ1v) is 13.0. The zero-order valence-electron chi connectivity index (χ0n) is 20.4. The van der Waals surface area contributed by atoms with Crippen LogP contribution < -0.4 is 4.74 Å². The quantitative estimate of drug-likeness (QED) is 0.289. The maximum absolute atomic E-state index is 10.1. The molecule has 2 unspecified atom stereocenters. The Morgan fingerprint density at radius 2 is 1.42 bits per heavy atom. The van der Waals surface area contributed by atoms with Gasteiger partial charge in [0.25, 0.3) is 0 Å². The van der Waals surface area contributed by atoms with Gasteiger partial charge in [-0.1, -0.05) is 96.5 Å². The van der Waals surface area contributed by atoms with Crippen molar-refractivity contribution in [2.24, 2.45) is 0 Å². The van der Waals surface area contributed by atoms with E-state index < -0.39 is 6.10 Å². The van der Waals surface area contributed by atoms with Crippen LogP contribution in [0.25, 0.3) is 44.5 Å². The Bertz CT molecular complexity index is 1590. The van der Waals surface area contributed by atoms with Crippen LogP contribution in [-0.4, -0.2) is 52.7 Å². The van der Waals surface area contributed by atoms with Crippen molar-refractivity contribution in [1.29, 1.82) is 0 Å². The lowest BCUT2D eigenvalue weighted by atomic mass is 10.0. The van der Waals surface area contributed by atoms with Gasteiger partial charge in [-0.25, -0.2) is 4.98 Å². The van der Waals surface area contributed by atoms with Crippen LogP contribution in [0.5, 0.6) is 5.88 Å². The molecule has 0 bridgehead atoms. The third-order valence-corrected chi connectivity index (χ3v) is 7.56. The van der Waals surface area contributed by atoms with Crippen molar-refractivity contribution in [3.63, 3.8) is 0 Å². The highest BCUT2D eigenvalue weighted by molar-refractivity contribution is 6.33. The molecule has 4 heterocycles. The van der Waals surface area contributed by atoms with Gasteiger partial charge >= 0.3 is 0 Å². The van der Waals surface area contributed by atoms with Gasteiger partial charge in [0.15, 0.2) is 6.10 Å². The van der Waals surface area contributed by atoms with E-state index in [1.165, 1.54) is 0 Å². The van der Waals surface area contributed by atoms with Gasteiger partial charge < -0.3 is 24.3 Å². The molecule has 0 amide bonds. The van der Waals surface area contributed by atoms with Crippen LogP contribution in [0, 0.1) is 0 Å². The average Bonchev–Trinajstić information content (AvgIpc) is 3.64. The summed E-state index contributed by atoms with van der Waals surface area (Å²) in [6.07, 6.45) is -1.69. The molecule has 4 atom stereocenters. The fraction of sp³-hybridized carbons (Fsp3) is 0.194. The zero-order chi connectivity index (χ0) is 25.6. The maximum Gasteiger partial charge on any atom is 0.202 e. The number of aromatic nitrogens is 2. The van der Waals surface area contributed by atoms with Crippen molar-refractivity contribution < 1.29 is 19.3 Å². The van der Waals surface area contributed by atoms with E-state index in [9.17, 15) is 5.11 Å². The predicted octanol–water partition coefficient (Wildman–Crippen LogP) is 6.12. The summed E-state index contributed by atoms with van der Waals surface area (Å²) >= 11 is 6.77. The molecule has 5 aromatic rings. The van der Waals surface area contributed by atoms with Crippen molar-refractivity contribution in [3.05, 3.63) is 96.0 Å². The Morgan fingerprint density at radius 1 is 0.789 bits per heavy atom. The Balaban J connectivity index is 1.30. The lowest BCUT2D eigenvalue weighted by Gasteiger charge is -2.18. The number of benzene rings is 3. The minimum atomic E-state index is -0.638. The number of aromatic amines is 1. The number of ether oxygens (including phenoxy) is 3. The van der Waals surface area contributed by atoms with Crippen molar-refractivity contribution in [1.82, 2.24) is 9.97 Å². The number of nitrogens with one attached hydrogen (secondary N) is 1. The second-order valence-electron chi connectivity index (χ2n) is 9.67. The van der Waals surface area contributed by atoms with Crippen molar-refractivity contribution in [3.8, 4) is 39.4 Å². The average molecular weight is 525 g/mol. The summed E-state index contributed by atoms with van der Waals surface area (Å²) in [6, 6.07) is 30.4. The molecule has 190 valence electrons. The monoisotopic (exact) mass is 524 g/mol. The molecule has 0 saturated carbocycles. The molecular weight excluding hydrogens is 500 g/mol. The number of rotatable bonds is 5. The Morgan fingerprint density at radius 3 is 2.16 bits per heavy atom. The third-order valence-electron chi connectivity index (χ3n) is 7.27. The normalized spacial score (nSPS) is 22.6. The molecule has 7 rings (SSSR count). The SMILES string of the molecule is O[C@@H]1COC2C1OC[C@H]2Oc1[nH]c2cc(Cl)c(-c3ccc(-c4ccccc4)cc3)nc2c1-c1ccccc1. The summed E-state index contributed by atoms with van der Waals surface area (Å²) < 4.78 is 18.0. The lowest BCUT2D eigenvalue weighted by molar-refractivity contribution is 0.00805. The molecule has 2 aliphatic rings. The molecule has 2 saturated heterocycles. The number of hydrogen-bond acceptors (Lipinski definition) is 5. The number of pyridine rings is 1. The van der Waals surface area contributed by atoms with E-state index >= 15 is 0 Å². The Labute approximate surface area is 224 Å². The summed E-state index contributed by atoms with van der Waals surface area (Å²) in [5.74, 6) is 0.575. The van der Waals surface area contributed by atoms with E-state index in [2.05, 4.69) is 29.2 Å². The van der Waals surface area contributed by atoms with Gasteiger partial charge in [-0.2, -0.15) is 0 Å². The number of fused-ring (bicyclic) bond motifs is 2. The molecule has 2 fully saturated rings. The molecule has 7 heteroatoms. The molecule has 2 aromatic heterocycles. The van der Waals surface area contributed by atoms with E-state index in [1.807, 2.05) is 66.7 Å². The molecular formula is C31H25ClN2O4. The van der Waals surface area contributed by atoms with Gasteiger partial charge in [-0.3, -0.25) is 0 Å². The number of H-pyrrole nitrogens is 1. The van der Waals surface area contributed by atoms with Crippen LogP contribution in [0.4, 0.5) is 0 Å². The summed E-state index contributed by atoms with van der Waals surface area (Å²) in [6.45, 7) is 0.584. The lowest BCUT2D eigenvalue weighted by Crippen LogP contribution is -2.34. The number of aliphatic hydroxyl groups excluding tert-OH is 1. The largest absolute Gasteiger partial charge is 0.470 e. The fourth-order valence-corrected chi connectivity index (χ4v) is 5.64.